The largest absolute Gasteiger partial charge is 0.489 e. The molecule has 0 saturated heterocycles. The van der Waals surface area contributed by atoms with Gasteiger partial charge in [0.15, 0.2) is 5.76 Å². The van der Waals surface area contributed by atoms with Crippen LogP contribution in [-0.4, -0.2) is 11.9 Å². The first-order valence-electron chi connectivity index (χ1n) is 7.51. The lowest BCUT2D eigenvalue weighted by atomic mass is 10.1. The molecule has 1 atom stereocenters. The third-order valence-corrected chi connectivity index (χ3v) is 3.67. The van der Waals surface area contributed by atoms with Crippen LogP contribution in [0.15, 0.2) is 41.0 Å². The Balaban J connectivity index is 2.03. The summed E-state index contributed by atoms with van der Waals surface area (Å²) in [4.78, 5) is 12.2. The van der Waals surface area contributed by atoms with Crippen LogP contribution < -0.4 is 10.1 Å². The van der Waals surface area contributed by atoms with Crippen LogP contribution in [0.2, 0.25) is 0 Å². The zero-order valence-electron chi connectivity index (χ0n) is 13.5. The Morgan fingerprint density at radius 3 is 2.83 bits per heavy atom. The fourth-order valence-corrected chi connectivity index (χ4v) is 1.90. The molecule has 1 aromatic heterocycles. The van der Waals surface area contributed by atoms with Gasteiger partial charge in [-0.05, 0) is 37.1 Å². The minimum atomic E-state index is -0.249. The second-order valence-corrected chi connectivity index (χ2v) is 5.71. The molecule has 0 radical (unpaired) electrons. The van der Waals surface area contributed by atoms with Crippen LogP contribution in [0.4, 0.5) is 0 Å². The van der Waals surface area contributed by atoms with E-state index in [-0.39, 0.29) is 24.3 Å². The van der Waals surface area contributed by atoms with E-state index in [1.54, 1.807) is 30.3 Å². The Kier molecular flexibility index (Phi) is 5.42. The number of amides is 1. The van der Waals surface area contributed by atoms with Gasteiger partial charge in [0.1, 0.15) is 12.4 Å². The highest BCUT2D eigenvalue weighted by Gasteiger charge is 2.19. The molecule has 23 heavy (non-hydrogen) atoms. The van der Waals surface area contributed by atoms with E-state index < -0.39 is 0 Å². The Bertz CT molecular complexity index is 713. The number of ether oxygens (including phenoxy) is 1. The summed E-state index contributed by atoms with van der Waals surface area (Å²) in [6.45, 7) is 6.23. The van der Waals surface area contributed by atoms with Crippen LogP contribution in [0.25, 0.3) is 0 Å². The Labute approximate surface area is 135 Å². The van der Waals surface area contributed by atoms with Crippen LogP contribution in [0.3, 0.4) is 0 Å². The smallest absolute Gasteiger partial charge is 0.287 e. The molecule has 0 fully saturated rings. The van der Waals surface area contributed by atoms with E-state index in [2.05, 4.69) is 11.4 Å². The minimum Gasteiger partial charge on any atom is -0.489 e. The first-order valence-corrected chi connectivity index (χ1v) is 7.51. The van der Waals surface area contributed by atoms with Crippen LogP contribution in [0.5, 0.6) is 5.75 Å². The molecule has 2 aromatic rings. The first-order chi connectivity index (χ1) is 11.0. The van der Waals surface area contributed by atoms with E-state index in [1.807, 2.05) is 20.8 Å². The molecule has 1 unspecified atom stereocenters. The summed E-state index contributed by atoms with van der Waals surface area (Å²) in [6.07, 6.45) is 1.47. The Hall–Kier alpha value is -2.74. The molecule has 0 aliphatic heterocycles. The van der Waals surface area contributed by atoms with Gasteiger partial charge in [0, 0.05) is 11.6 Å². The number of nitriles is 1. The van der Waals surface area contributed by atoms with Crippen LogP contribution >= 0.6 is 0 Å². The minimum absolute atomic E-state index is 0.0497. The van der Waals surface area contributed by atoms with Gasteiger partial charge < -0.3 is 14.5 Å². The van der Waals surface area contributed by atoms with Gasteiger partial charge in [-0.15, -0.1) is 0 Å². The third kappa shape index (κ3) is 4.36. The summed E-state index contributed by atoms with van der Waals surface area (Å²) in [6, 6.07) is 10.7. The normalized spacial score (nSPS) is 11.8. The zero-order valence-corrected chi connectivity index (χ0v) is 13.5. The molecule has 1 aromatic carbocycles. The van der Waals surface area contributed by atoms with Gasteiger partial charge in [-0.25, -0.2) is 0 Å². The Morgan fingerprint density at radius 2 is 2.13 bits per heavy atom. The van der Waals surface area contributed by atoms with Crippen molar-refractivity contribution in [3.05, 3.63) is 53.5 Å². The van der Waals surface area contributed by atoms with Crippen LogP contribution in [0.1, 0.15) is 42.5 Å². The number of benzene rings is 1. The molecule has 5 nitrogen and oxygen atoms in total. The lowest BCUT2D eigenvalue weighted by molar-refractivity contribution is 0.0899. The second kappa shape index (κ2) is 7.50. The maximum Gasteiger partial charge on any atom is 0.287 e. The van der Waals surface area contributed by atoms with E-state index >= 15 is 0 Å². The van der Waals surface area contributed by atoms with Crippen molar-refractivity contribution in [2.24, 2.45) is 5.92 Å². The van der Waals surface area contributed by atoms with Crippen molar-refractivity contribution in [3.8, 4) is 11.8 Å². The molecule has 0 spiro atoms. The maximum atomic E-state index is 12.2. The van der Waals surface area contributed by atoms with Crippen LogP contribution in [0, 0.1) is 17.2 Å². The van der Waals surface area contributed by atoms with E-state index in [9.17, 15) is 4.79 Å². The number of hydrogen-bond donors (Lipinski definition) is 1. The number of nitrogens with zero attached hydrogens (tertiary/aromatic N) is 1. The molecule has 0 aliphatic rings. The molecule has 1 amide bonds. The molecule has 1 heterocycles. The highest BCUT2D eigenvalue weighted by Crippen LogP contribution is 2.17. The lowest BCUT2D eigenvalue weighted by Gasteiger charge is -2.17. The fourth-order valence-electron chi connectivity index (χ4n) is 1.90. The monoisotopic (exact) mass is 312 g/mol. The van der Waals surface area contributed by atoms with Crippen molar-refractivity contribution < 1.29 is 13.9 Å². The van der Waals surface area contributed by atoms with E-state index in [1.165, 1.54) is 6.26 Å². The second-order valence-electron chi connectivity index (χ2n) is 5.71. The average Bonchev–Trinajstić information content (AvgIpc) is 3.01. The number of carbonyl (C=O) groups excluding carboxylic acids is 1. The number of hydrogen-bond acceptors (Lipinski definition) is 4. The van der Waals surface area contributed by atoms with Crippen molar-refractivity contribution in [2.75, 3.05) is 0 Å². The summed E-state index contributed by atoms with van der Waals surface area (Å²) in [5, 5.41) is 11.8. The molecule has 2 rings (SSSR count). The van der Waals surface area contributed by atoms with Gasteiger partial charge in [-0.1, -0.05) is 19.9 Å². The number of carbonyl (C=O) groups is 1. The van der Waals surface area contributed by atoms with Crippen molar-refractivity contribution in [3.63, 3.8) is 0 Å². The number of nitrogens with one attached hydrogen (secondary N) is 1. The molecule has 0 saturated carbocycles. The summed E-state index contributed by atoms with van der Waals surface area (Å²) < 4.78 is 10.9. The summed E-state index contributed by atoms with van der Waals surface area (Å²) in [5.74, 6) is 0.920. The highest BCUT2D eigenvalue weighted by molar-refractivity contribution is 5.93. The van der Waals surface area contributed by atoms with Gasteiger partial charge in [0.25, 0.3) is 5.91 Å². The van der Waals surface area contributed by atoms with Gasteiger partial charge in [0.05, 0.1) is 17.9 Å². The molecule has 1 N–H and O–H groups in total. The molecular weight excluding hydrogens is 292 g/mol. The molecular formula is C18H20N2O3. The SMILES string of the molecule is CC(C)C(C)NC(=O)c1occc1COc1cccc(C#N)c1. The molecule has 120 valence electrons. The van der Waals surface area contributed by atoms with Gasteiger partial charge in [-0.2, -0.15) is 5.26 Å². The quantitative estimate of drug-likeness (QED) is 0.885. The zero-order chi connectivity index (χ0) is 16.8. The highest BCUT2D eigenvalue weighted by atomic mass is 16.5. The third-order valence-electron chi connectivity index (χ3n) is 3.67. The van der Waals surface area contributed by atoms with Crippen LogP contribution in [-0.2, 0) is 6.61 Å². The molecule has 0 bridgehead atoms. The van der Waals surface area contributed by atoms with E-state index in [0.29, 0.717) is 22.8 Å². The topological polar surface area (TPSA) is 75.3 Å². The number of furan rings is 1. The predicted octanol–water partition coefficient (Wildman–Crippen LogP) is 3.50. The van der Waals surface area contributed by atoms with E-state index in [0.717, 1.165) is 0 Å². The fraction of sp³-hybridized carbons (Fsp3) is 0.333. The standard InChI is InChI=1S/C18H20N2O3/c1-12(2)13(3)20-18(21)17-15(7-8-22-17)11-23-16-6-4-5-14(9-16)10-19/h4-9,12-13H,11H2,1-3H3,(H,20,21). The van der Waals surface area contributed by atoms with Gasteiger partial charge in [-0.3, -0.25) is 4.79 Å². The average molecular weight is 312 g/mol. The van der Waals surface area contributed by atoms with Crippen molar-refractivity contribution in [1.82, 2.24) is 5.32 Å². The summed E-state index contributed by atoms with van der Waals surface area (Å²) in [5.41, 5.74) is 1.19. The van der Waals surface area contributed by atoms with Crippen molar-refractivity contribution >= 4 is 5.91 Å². The molecule has 5 heteroatoms. The lowest BCUT2D eigenvalue weighted by Crippen LogP contribution is -2.36. The molecule has 0 aliphatic carbocycles. The summed E-state index contributed by atoms with van der Waals surface area (Å²) >= 11 is 0. The van der Waals surface area contributed by atoms with Gasteiger partial charge >= 0.3 is 0 Å². The summed E-state index contributed by atoms with van der Waals surface area (Å²) in [7, 11) is 0. The predicted molar refractivity (Wildman–Crippen MR) is 86.0 cm³/mol. The van der Waals surface area contributed by atoms with Crippen molar-refractivity contribution in [2.45, 2.75) is 33.4 Å². The number of rotatable bonds is 6. The Morgan fingerprint density at radius 1 is 1.35 bits per heavy atom. The van der Waals surface area contributed by atoms with Crippen molar-refractivity contribution in [1.29, 1.82) is 5.26 Å². The van der Waals surface area contributed by atoms with Gasteiger partial charge in [0.2, 0.25) is 0 Å². The van der Waals surface area contributed by atoms with E-state index in [4.69, 9.17) is 14.4 Å². The first kappa shape index (κ1) is 16.6. The maximum absolute atomic E-state index is 12.2.